The summed E-state index contributed by atoms with van der Waals surface area (Å²) in [5.74, 6) is -1.72. The highest BCUT2D eigenvalue weighted by Gasteiger charge is 2.22. The summed E-state index contributed by atoms with van der Waals surface area (Å²) in [5.41, 5.74) is -0.438. The molecule has 0 fully saturated rings. The Balaban J connectivity index is 2.03. The number of fused-ring (bicyclic) bond motifs is 1. The number of aromatic nitrogens is 1. The van der Waals surface area contributed by atoms with Gasteiger partial charge in [0.2, 0.25) is 0 Å². The number of hydrogen-bond acceptors (Lipinski definition) is 4. The monoisotopic (exact) mass is 365 g/mol. The molecule has 0 aliphatic carbocycles. The molecule has 0 radical (unpaired) electrons. The number of aryl methyl sites for hydroxylation is 1. The molecule has 3 rings (SSSR count). The molecule has 0 aliphatic rings. The van der Waals surface area contributed by atoms with E-state index in [0.717, 1.165) is 0 Å². The van der Waals surface area contributed by atoms with Crippen LogP contribution in [0.2, 0.25) is 0 Å². The minimum absolute atomic E-state index is 0.0744. The molecule has 0 bridgehead atoms. The van der Waals surface area contributed by atoms with Crippen LogP contribution in [-0.4, -0.2) is 15.6 Å². The molecule has 0 aliphatic heterocycles. The van der Waals surface area contributed by atoms with Crippen molar-refractivity contribution in [2.75, 3.05) is 0 Å². The lowest BCUT2D eigenvalue weighted by molar-refractivity contribution is 0.0946. The third-order valence-corrected chi connectivity index (χ3v) is 4.22. The maximum atomic E-state index is 13.7. The van der Waals surface area contributed by atoms with E-state index < -0.39 is 28.6 Å². The van der Waals surface area contributed by atoms with E-state index in [9.17, 15) is 19.1 Å². The molecule has 7 heteroatoms. The van der Waals surface area contributed by atoms with Crippen LogP contribution in [0.3, 0.4) is 0 Å². The number of aromatic hydroxyl groups is 1. The van der Waals surface area contributed by atoms with Crippen LogP contribution in [0.25, 0.3) is 10.9 Å². The Hall–Kier alpha value is -3.66. The summed E-state index contributed by atoms with van der Waals surface area (Å²) >= 11 is 0. The number of carbonyl (C=O) groups is 1. The second-order valence-corrected chi connectivity index (χ2v) is 5.88. The Kier molecular flexibility index (Phi) is 5.18. The predicted octanol–water partition coefficient (Wildman–Crippen LogP) is 2.69. The molecular weight excluding hydrogens is 349 g/mol. The number of halogens is 1. The average molecular weight is 365 g/mol. The Morgan fingerprint density at radius 2 is 1.89 bits per heavy atom. The number of benzene rings is 2. The molecule has 3 aromatic rings. The van der Waals surface area contributed by atoms with E-state index in [1.807, 2.05) is 6.07 Å². The average Bonchev–Trinajstić information content (AvgIpc) is 2.67. The van der Waals surface area contributed by atoms with E-state index in [1.54, 1.807) is 30.3 Å². The number of hydrogen-bond donors (Lipinski definition) is 2. The van der Waals surface area contributed by atoms with E-state index in [0.29, 0.717) is 10.9 Å². The Labute approximate surface area is 154 Å². The molecule has 1 aromatic heterocycles. The lowest BCUT2D eigenvalue weighted by atomic mass is 10.1. The molecular formula is C20H16FN3O3. The number of nitrogens with zero attached hydrogens (tertiary/aromatic N) is 2. The molecule has 0 unspecified atom stereocenters. The van der Waals surface area contributed by atoms with Gasteiger partial charge in [0.25, 0.3) is 11.5 Å². The van der Waals surface area contributed by atoms with Gasteiger partial charge in [0, 0.05) is 24.0 Å². The fourth-order valence-electron chi connectivity index (χ4n) is 2.88. The molecule has 136 valence electrons. The molecule has 0 saturated carbocycles. The molecule has 2 N–H and O–H groups in total. The summed E-state index contributed by atoms with van der Waals surface area (Å²) < 4.78 is 15.0. The highest BCUT2D eigenvalue weighted by molar-refractivity contribution is 6.02. The normalized spacial score (nSPS) is 10.5. The van der Waals surface area contributed by atoms with Crippen LogP contribution in [-0.2, 0) is 13.1 Å². The number of nitriles is 1. The van der Waals surface area contributed by atoms with E-state index in [-0.39, 0.29) is 25.1 Å². The summed E-state index contributed by atoms with van der Waals surface area (Å²) in [6.07, 6.45) is 0.0744. The smallest absolute Gasteiger partial charge is 0.267 e. The SMILES string of the molecule is N#CCCn1c(=O)c(C(=O)NCc2ccccc2F)c(O)c2ccccc21. The summed E-state index contributed by atoms with van der Waals surface area (Å²) in [6, 6.07) is 14.5. The first-order valence-corrected chi connectivity index (χ1v) is 8.27. The number of rotatable bonds is 5. The number of para-hydroxylation sites is 1. The van der Waals surface area contributed by atoms with Crippen LogP contribution in [0.1, 0.15) is 22.3 Å². The standard InChI is InChI=1S/C20H16FN3O3/c21-15-8-3-1-6-13(15)12-23-19(26)17-18(25)14-7-2-4-9-16(14)24(20(17)27)11-5-10-22/h1-4,6-9,25H,5,11-12H2,(H,23,26). The lowest BCUT2D eigenvalue weighted by Gasteiger charge is -2.14. The lowest BCUT2D eigenvalue weighted by Crippen LogP contribution is -2.33. The first kappa shape index (κ1) is 18.1. The summed E-state index contributed by atoms with van der Waals surface area (Å²) in [5, 5.41) is 22.1. The van der Waals surface area contributed by atoms with Crippen molar-refractivity contribution in [2.24, 2.45) is 0 Å². The molecule has 1 amide bonds. The number of nitrogens with one attached hydrogen (secondary N) is 1. The van der Waals surface area contributed by atoms with Crippen LogP contribution >= 0.6 is 0 Å². The first-order valence-electron chi connectivity index (χ1n) is 8.27. The van der Waals surface area contributed by atoms with Gasteiger partial charge in [-0.3, -0.25) is 9.59 Å². The number of carbonyl (C=O) groups excluding carboxylic acids is 1. The number of amides is 1. The van der Waals surface area contributed by atoms with Gasteiger partial charge in [-0.25, -0.2) is 4.39 Å². The van der Waals surface area contributed by atoms with Gasteiger partial charge >= 0.3 is 0 Å². The third kappa shape index (κ3) is 3.51. The molecule has 6 nitrogen and oxygen atoms in total. The second kappa shape index (κ2) is 7.70. The number of pyridine rings is 1. The zero-order chi connectivity index (χ0) is 19.4. The minimum Gasteiger partial charge on any atom is -0.506 e. The summed E-state index contributed by atoms with van der Waals surface area (Å²) in [4.78, 5) is 25.4. The predicted molar refractivity (Wildman–Crippen MR) is 97.7 cm³/mol. The zero-order valence-electron chi connectivity index (χ0n) is 14.3. The van der Waals surface area contributed by atoms with Crippen molar-refractivity contribution >= 4 is 16.8 Å². The highest BCUT2D eigenvalue weighted by Crippen LogP contribution is 2.26. The minimum atomic E-state index is -0.808. The van der Waals surface area contributed by atoms with Gasteiger partial charge in [0.1, 0.15) is 17.1 Å². The van der Waals surface area contributed by atoms with Crippen molar-refractivity contribution in [1.29, 1.82) is 5.26 Å². The Morgan fingerprint density at radius 1 is 1.19 bits per heavy atom. The largest absolute Gasteiger partial charge is 0.506 e. The fraction of sp³-hybridized carbons (Fsp3) is 0.150. The summed E-state index contributed by atoms with van der Waals surface area (Å²) in [6.45, 7) is -0.0425. The fourth-order valence-corrected chi connectivity index (χ4v) is 2.88. The van der Waals surface area contributed by atoms with Gasteiger partial charge in [-0.05, 0) is 18.2 Å². The quantitative estimate of drug-likeness (QED) is 0.727. The van der Waals surface area contributed by atoms with E-state index in [4.69, 9.17) is 5.26 Å². The van der Waals surface area contributed by atoms with Crippen LogP contribution in [0.4, 0.5) is 4.39 Å². The first-order chi connectivity index (χ1) is 13.0. The van der Waals surface area contributed by atoms with E-state index in [2.05, 4.69) is 5.32 Å². The van der Waals surface area contributed by atoms with Crippen LogP contribution in [0.5, 0.6) is 5.75 Å². The van der Waals surface area contributed by atoms with Crippen molar-refractivity contribution in [3.63, 3.8) is 0 Å². The molecule has 27 heavy (non-hydrogen) atoms. The van der Waals surface area contributed by atoms with Crippen molar-refractivity contribution in [3.05, 3.63) is 75.8 Å². The van der Waals surface area contributed by atoms with E-state index >= 15 is 0 Å². The zero-order valence-corrected chi connectivity index (χ0v) is 14.3. The van der Waals surface area contributed by atoms with Crippen molar-refractivity contribution in [1.82, 2.24) is 9.88 Å². The molecule has 0 atom stereocenters. The highest BCUT2D eigenvalue weighted by atomic mass is 19.1. The van der Waals surface area contributed by atoms with Crippen molar-refractivity contribution in [3.8, 4) is 11.8 Å². The maximum absolute atomic E-state index is 13.7. The van der Waals surface area contributed by atoms with Crippen molar-refractivity contribution < 1.29 is 14.3 Å². The molecule has 0 spiro atoms. The molecule has 0 saturated heterocycles. The van der Waals surface area contributed by atoms with Gasteiger partial charge in [-0.1, -0.05) is 30.3 Å². The summed E-state index contributed by atoms with van der Waals surface area (Å²) in [7, 11) is 0. The van der Waals surface area contributed by atoms with E-state index in [1.165, 1.54) is 22.8 Å². The third-order valence-electron chi connectivity index (χ3n) is 4.22. The Bertz CT molecular complexity index is 1120. The van der Waals surface area contributed by atoms with Gasteiger partial charge in [-0.2, -0.15) is 5.26 Å². The van der Waals surface area contributed by atoms with Crippen LogP contribution < -0.4 is 10.9 Å². The van der Waals surface area contributed by atoms with Crippen LogP contribution in [0.15, 0.2) is 53.3 Å². The van der Waals surface area contributed by atoms with Gasteiger partial charge in [-0.15, -0.1) is 0 Å². The van der Waals surface area contributed by atoms with Gasteiger partial charge in [0.05, 0.1) is 18.0 Å². The molecule has 1 heterocycles. The van der Waals surface area contributed by atoms with Gasteiger partial charge < -0.3 is 15.0 Å². The Morgan fingerprint density at radius 3 is 2.63 bits per heavy atom. The molecule has 2 aromatic carbocycles. The van der Waals surface area contributed by atoms with Crippen molar-refractivity contribution in [2.45, 2.75) is 19.5 Å². The van der Waals surface area contributed by atoms with Gasteiger partial charge in [0.15, 0.2) is 0 Å². The maximum Gasteiger partial charge on any atom is 0.267 e. The van der Waals surface area contributed by atoms with Crippen LogP contribution in [0, 0.1) is 17.1 Å². The second-order valence-electron chi connectivity index (χ2n) is 5.88. The topological polar surface area (TPSA) is 95.1 Å².